The van der Waals surface area contributed by atoms with E-state index in [2.05, 4.69) is 31.1 Å². The predicted molar refractivity (Wildman–Crippen MR) is 75.8 cm³/mol. The van der Waals surface area contributed by atoms with Crippen molar-refractivity contribution in [2.45, 2.75) is 39.3 Å². The van der Waals surface area contributed by atoms with Crippen LogP contribution in [-0.4, -0.2) is 15.6 Å². The van der Waals surface area contributed by atoms with E-state index < -0.39 is 0 Å². The van der Waals surface area contributed by atoms with Crippen LogP contribution in [-0.2, 0) is 7.05 Å². The summed E-state index contributed by atoms with van der Waals surface area (Å²) >= 11 is 0. The van der Waals surface area contributed by atoms with E-state index >= 15 is 0 Å². The summed E-state index contributed by atoms with van der Waals surface area (Å²) in [6.07, 6.45) is 6.58. The highest BCUT2D eigenvalue weighted by Gasteiger charge is 2.24. The Balaban J connectivity index is 2.28. The van der Waals surface area contributed by atoms with Gasteiger partial charge in [-0.2, -0.15) is 0 Å². The Labute approximate surface area is 114 Å². The molecular weight excluding hydrogens is 238 g/mol. The standard InChI is InChI=1S/C15H23N3O/c1-5-12(11(2)3)17-14(13-7-6-10-19-13)15-16-8-9-18(15)4/h6-12,14,17H,5H2,1-4H3. The van der Waals surface area contributed by atoms with E-state index in [4.69, 9.17) is 4.42 Å². The minimum Gasteiger partial charge on any atom is -0.467 e. The Hall–Kier alpha value is -1.55. The fourth-order valence-corrected chi connectivity index (χ4v) is 2.39. The molecule has 4 nitrogen and oxygen atoms in total. The van der Waals surface area contributed by atoms with Crippen LogP contribution in [0.4, 0.5) is 0 Å². The number of rotatable bonds is 6. The molecule has 0 bridgehead atoms. The number of imidazole rings is 1. The summed E-state index contributed by atoms with van der Waals surface area (Å²) in [6, 6.07) is 4.36. The number of hydrogen-bond acceptors (Lipinski definition) is 3. The fraction of sp³-hybridized carbons (Fsp3) is 0.533. The van der Waals surface area contributed by atoms with Gasteiger partial charge in [0.2, 0.25) is 0 Å². The van der Waals surface area contributed by atoms with Gasteiger partial charge in [-0.15, -0.1) is 0 Å². The molecule has 2 heterocycles. The van der Waals surface area contributed by atoms with E-state index in [1.54, 1.807) is 6.26 Å². The molecule has 0 saturated heterocycles. The van der Waals surface area contributed by atoms with Gasteiger partial charge in [-0.25, -0.2) is 4.98 Å². The zero-order valence-electron chi connectivity index (χ0n) is 12.1. The number of aromatic nitrogens is 2. The summed E-state index contributed by atoms with van der Waals surface area (Å²) in [5.41, 5.74) is 0. The van der Waals surface area contributed by atoms with Crippen LogP contribution in [0, 0.1) is 5.92 Å². The van der Waals surface area contributed by atoms with Gasteiger partial charge in [-0.05, 0) is 24.5 Å². The summed E-state index contributed by atoms with van der Waals surface area (Å²) in [6.45, 7) is 6.67. The van der Waals surface area contributed by atoms with Crippen molar-refractivity contribution in [2.24, 2.45) is 13.0 Å². The maximum absolute atomic E-state index is 5.58. The highest BCUT2D eigenvalue weighted by molar-refractivity contribution is 5.16. The van der Waals surface area contributed by atoms with Crippen LogP contribution in [0.5, 0.6) is 0 Å². The molecule has 0 radical (unpaired) electrons. The second-order valence-electron chi connectivity index (χ2n) is 5.27. The summed E-state index contributed by atoms with van der Waals surface area (Å²) in [4.78, 5) is 4.46. The van der Waals surface area contributed by atoms with Crippen LogP contribution in [0.15, 0.2) is 35.2 Å². The van der Waals surface area contributed by atoms with E-state index in [1.165, 1.54) is 0 Å². The van der Waals surface area contributed by atoms with Gasteiger partial charge < -0.3 is 8.98 Å². The van der Waals surface area contributed by atoms with Crippen LogP contribution < -0.4 is 5.32 Å². The lowest BCUT2D eigenvalue weighted by Gasteiger charge is -2.26. The van der Waals surface area contributed by atoms with Crippen molar-refractivity contribution < 1.29 is 4.42 Å². The quantitative estimate of drug-likeness (QED) is 0.868. The molecule has 4 heteroatoms. The molecule has 0 amide bonds. The molecule has 2 rings (SSSR count). The summed E-state index contributed by atoms with van der Waals surface area (Å²) in [5.74, 6) is 2.46. The Kier molecular flexibility index (Phi) is 4.43. The second-order valence-corrected chi connectivity index (χ2v) is 5.27. The van der Waals surface area contributed by atoms with Gasteiger partial charge in [-0.3, -0.25) is 5.32 Å². The van der Waals surface area contributed by atoms with Gasteiger partial charge in [0.25, 0.3) is 0 Å². The Morgan fingerprint density at radius 2 is 2.21 bits per heavy atom. The molecule has 2 aromatic rings. The fourth-order valence-electron chi connectivity index (χ4n) is 2.39. The third-order valence-corrected chi connectivity index (χ3v) is 3.57. The zero-order chi connectivity index (χ0) is 13.8. The third-order valence-electron chi connectivity index (χ3n) is 3.57. The summed E-state index contributed by atoms with van der Waals surface area (Å²) < 4.78 is 7.62. The van der Waals surface area contributed by atoms with Crippen molar-refractivity contribution in [3.8, 4) is 0 Å². The summed E-state index contributed by atoms with van der Waals surface area (Å²) in [5, 5.41) is 3.67. The van der Waals surface area contributed by atoms with Gasteiger partial charge in [0, 0.05) is 25.5 Å². The van der Waals surface area contributed by atoms with Gasteiger partial charge in [-0.1, -0.05) is 20.8 Å². The second kappa shape index (κ2) is 6.06. The first-order valence-electron chi connectivity index (χ1n) is 6.90. The highest BCUT2D eigenvalue weighted by Crippen LogP contribution is 2.23. The third kappa shape index (κ3) is 3.07. The normalized spacial score (nSPS) is 14.8. The molecule has 2 aromatic heterocycles. The van der Waals surface area contributed by atoms with Crippen LogP contribution in [0.1, 0.15) is 44.8 Å². The van der Waals surface area contributed by atoms with Crippen molar-refractivity contribution in [1.82, 2.24) is 14.9 Å². The van der Waals surface area contributed by atoms with Gasteiger partial charge in [0.15, 0.2) is 0 Å². The van der Waals surface area contributed by atoms with Gasteiger partial charge >= 0.3 is 0 Å². The molecule has 0 spiro atoms. The van der Waals surface area contributed by atoms with E-state index in [-0.39, 0.29) is 6.04 Å². The molecule has 1 N–H and O–H groups in total. The number of hydrogen-bond donors (Lipinski definition) is 1. The van der Waals surface area contributed by atoms with Crippen LogP contribution in [0.2, 0.25) is 0 Å². The maximum atomic E-state index is 5.58. The van der Waals surface area contributed by atoms with Crippen LogP contribution in [0.25, 0.3) is 0 Å². The number of nitrogens with zero attached hydrogens (tertiary/aromatic N) is 2. The smallest absolute Gasteiger partial charge is 0.133 e. The molecule has 2 unspecified atom stereocenters. The van der Waals surface area contributed by atoms with Crippen LogP contribution in [0.3, 0.4) is 0 Å². The molecule has 19 heavy (non-hydrogen) atoms. The molecule has 104 valence electrons. The average Bonchev–Trinajstić information content (AvgIpc) is 3.02. The van der Waals surface area contributed by atoms with Gasteiger partial charge in [0.05, 0.1) is 6.26 Å². The lowest BCUT2D eigenvalue weighted by Crippen LogP contribution is -2.37. The lowest BCUT2D eigenvalue weighted by molar-refractivity contribution is 0.329. The molecule has 2 atom stereocenters. The van der Waals surface area contributed by atoms with Gasteiger partial charge in [0.1, 0.15) is 17.6 Å². The average molecular weight is 261 g/mol. The largest absolute Gasteiger partial charge is 0.467 e. The summed E-state index contributed by atoms with van der Waals surface area (Å²) in [7, 11) is 2.01. The Morgan fingerprint density at radius 1 is 1.42 bits per heavy atom. The first-order valence-corrected chi connectivity index (χ1v) is 6.90. The number of nitrogens with one attached hydrogen (secondary N) is 1. The Bertz CT molecular complexity index is 487. The molecule has 0 fully saturated rings. The van der Waals surface area contributed by atoms with Crippen molar-refractivity contribution in [2.75, 3.05) is 0 Å². The van der Waals surface area contributed by atoms with E-state index in [1.807, 2.05) is 36.1 Å². The topological polar surface area (TPSA) is 43.0 Å². The Morgan fingerprint density at radius 3 is 2.68 bits per heavy atom. The number of furan rings is 1. The lowest BCUT2D eigenvalue weighted by atomic mass is 10.00. The molecule has 0 aliphatic carbocycles. The SMILES string of the molecule is CCC(NC(c1ccco1)c1nccn1C)C(C)C. The first kappa shape index (κ1) is 13.9. The van der Waals surface area contributed by atoms with E-state index in [0.717, 1.165) is 18.0 Å². The van der Waals surface area contributed by atoms with Crippen LogP contribution >= 0.6 is 0 Å². The maximum Gasteiger partial charge on any atom is 0.133 e. The number of aryl methyl sites for hydroxylation is 1. The van der Waals surface area contributed by atoms with E-state index in [9.17, 15) is 0 Å². The molecule has 0 aromatic carbocycles. The monoisotopic (exact) mass is 261 g/mol. The molecule has 0 aliphatic heterocycles. The van der Waals surface area contributed by atoms with Crippen molar-refractivity contribution in [3.05, 3.63) is 42.4 Å². The van der Waals surface area contributed by atoms with Crippen molar-refractivity contribution in [1.29, 1.82) is 0 Å². The molecule has 0 aliphatic rings. The van der Waals surface area contributed by atoms with Crippen molar-refractivity contribution in [3.63, 3.8) is 0 Å². The first-order chi connectivity index (χ1) is 9.13. The van der Waals surface area contributed by atoms with E-state index in [0.29, 0.717) is 12.0 Å². The molecule has 0 saturated carbocycles. The zero-order valence-corrected chi connectivity index (χ0v) is 12.1. The minimum absolute atomic E-state index is 0.00218. The molecular formula is C15H23N3O. The predicted octanol–water partition coefficient (Wildman–Crippen LogP) is 3.13. The minimum atomic E-state index is 0.00218. The highest BCUT2D eigenvalue weighted by atomic mass is 16.3. The van der Waals surface area contributed by atoms with Crippen molar-refractivity contribution >= 4 is 0 Å².